The predicted molar refractivity (Wildman–Crippen MR) is 47.7 cm³/mol. The molecular formula is C10H17. The van der Waals surface area contributed by atoms with Crippen LogP contribution in [0, 0.1) is 12.8 Å². The fourth-order valence-electron chi connectivity index (χ4n) is 0.924. The zero-order valence-corrected chi connectivity index (χ0v) is 7.01. The molecule has 0 N–H and O–H groups in total. The number of hydrogen-bond acceptors (Lipinski definition) is 0. The van der Waals surface area contributed by atoms with Gasteiger partial charge in [-0.3, -0.25) is 0 Å². The second-order valence-electron chi connectivity index (χ2n) is 2.40. The van der Waals surface area contributed by atoms with Gasteiger partial charge in [0.05, 0.1) is 0 Å². The molecule has 0 heterocycles. The van der Waals surface area contributed by atoms with Crippen LogP contribution in [-0.2, 0) is 0 Å². The molecule has 0 bridgehead atoms. The normalized spacial score (nSPS) is 15.1. The highest BCUT2D eigenvalue weighted by Crippen LogP contribution is 2.09. The Morgan fingerprint density at radius 1 is 1.50 bits per heavy atom. The van der Waals surface area contributed by atoms with Gasteiger partial charge in [0.1, 0.15) is 0 Å². The van der Waals surface area contributed by atoms with Gasteiger partial charge in [-0.2, -0.15) is 0 Å². The molecule has 0 saturated heterocycles. The topological polar surface area (TPSA) is 0 Å². The van der Waals surface area contributed by atoms with Crippen LogP contribution < -0.4 is 0 Å². The molecule has 0 spiro atoms. The van der Waals surface area contributed by atoms with Gasteiger partial charge in [-0.1, -0.05) is 31.2 Å². The summed E-state index contributed by atoms with van der Waals surface area (Å²) in [6, 6.07) is 0. The molecular weight excluding hydrogens is 120 g/mol. The summed E-state index contributed by atoms with van der Waals surface area (Å²) in [5.74, 6) is 0.711. The largest absolute Gasteiger partial charge is 0.0914 e. The molecule has 0 heteroatoms. The maximum Gasteiger partial charge on any atom is -0.0202 e. The van der Waals surface area contributed by atoms with Crippen molar-refractivity contribution in [2.75, 3.05) is 0 Å². The monoisotopic (exact) mass is 137 g/mol. The van der Waals surface area contributed by atoms with Gasteiger partial charge in [-0.25, -0.2) is 0 Å². The molecule has 0 rings (SSSR count). The molecule has 0 aromatic heterocycles. The molecule has 0 saturated carbocycles. The summed E-state index contributed by atoms with van der Waals surface area (Å²) in [5, 5.41) is 0. The SMILES string of the molecule is [CH2]/C=C/CC(/C=C/C)CC. The second-order valence-corrected chi connectivity index (χ2v) is 2.40. The lowest BCUT2D eigenvalue weighted by Gasteiger charge is -2.04. The first-order valence-electron chi connectivity index (χ1n) is 3.92. The Morgan fingerprint density at radius 2 is 2.20 bits per heavy atom. The average molecular weight is 137 g/mol. The van der Waals surface area contributed by atoms with E-state index in [1.165, 1.54) is 6.42 Å². The average Bonchev–Trinajstić information content (AvgIpc) is 1.98. The third-order valence-electron chi connectivity index (χ3n) is 1.59. The van der Waals surface area contributed by atoms with Gasteiger partial charge in [0.25, 0.3) is 0 Å². The van der Waals surface area contributed by atoms with Crippen LogP contribution in [0.25, 0.3) is 0 Å². The summed E-state index contributed by atoms with van der Waals surface area (Å²) in [6.07, 6.45) is 10.7. The van der Waals surface area contributed by atoms with Crippen molar-refractivity contribution in [3.05, 3.63) is 31.2 Å². The molecule has 1 atom stereocenters. The van der Waals surface area contributed by atoms with Gasteiger partial charge in [0.15, 0.2) is 0 Å². The number of hydrogen-bond donors (Lipinski definition) is 0. The maximum absolute atomic E-state index is 3.65. The van der Waals surface area contributed by atoms with E-state index in [9.17, 15) is 0 Å². The third-order valence-corrected chi connectivity index (χ3v) is 1.59. The minimum Gasteiger partial charge on any atom is -0.0914 e. The Morgan fingerprint density at radius 3 is 2.60 bits per heavy atom. The third kappa shape index (κ3) is 4.37. The van der Waals surface area contributed by atoms with Crippen LogP contribution in [0.5, 0.6) is 0 Å². The van der Waals surface area contributed by atoms with Crippen LogP contribution in [0.3, 0.4) is 0 Å². The number of allylic oxidation sites excluding steroid dienone is 4. The predicted octanol–water partition coefficient (Wildman–Crippen LogP) is 3.37. The van der Waals surface area contributed by atoms with Crippen molar-refractivity contribution >= 4 is 0 Å². The van der Waals surface area contributed by atoms with Gasteiger partial charge in [0.2, 0.25) is 0 Å². The van der Waals surface area contributed by atoms with Gasteiger partial charge >= 0.3 is 0 Å². The van der Waals surface area contributed by atoms with Gasteiger partial charge in [-0.05, 0) is 32.6 Å². The Bertz CT molecular complexity index is 109. The lowest BCUT2D eigenvalue weighted by Crippen LogP contribution is -1.90. The van der Waals surface area contributed by atoms with Crippen molar-refractivity contribution < 1.29 is 0 Å². The molecule has 0 aromatic carbocycles. The zero-order valence-electron chi connectivity index (χ0n) is 7.01. The Hall–Kier alpha value is -0.520. The fourth-order valence-corrected chi connectivity index (χ4v) is 0.924. The summed E-state index contributed by atoms with van der Waals surface area (Å²) in [6.45, 7) is 7.92. The zero-order chi connectivity index (χ0) is 7.82. The van der Waals surface area contributed by atoms with Crippen molar-refractivity contribution in [2.24, 2.45) is 5.92 Å². The second kappa shape index (κ2) is 6.60. The Labute approximate surface area is 64.6 Å². The summed E-state index contributed by atoms with van der Waals surface area (Å²) in [4.78, 5) is 0. The van der Waals surface area contributed by atoms with E-state index < -0.39 is 0 Å². The Kier molecular flexibility index (Phi) is 6.25. The van der Waals surface area contributed by atoms with E-state index in [0.717, 1.165) is 6.42 Å². The van der Waals surface area contributed by atoms with Crippen LogP contribution in [0.2, 0.25) is 0 Å². The van der Waals surface area contributed by atoms with E-state index in [1.54, 1.807) is 0 Å². The highest BCUT2D eigenvalue weighted by Gasteiger charge is 1.95. The molecule has 1 unspecified atom stereocenters. The summed E-state index contributed by atoms with van der Waals surface area (Å²) >= 11 is 0. The van der Waals surface area contributed by atoms with Crippen LogP contribution >= 0.6 is 0 Å². The number of rotatable bonds is 4. The van der Waals surface area contributed by atoms with Crippen molar-refractivity contribution in [1.82, 2.24) is 0 Å². The molecule has 0 aliphatic carbocycles. The molecule has 0 fully saturated rings. The fraction of sp³-hybridized carbons (Fsp3) is 0.500. The van der Waals surface area contributed by atoms with Gasteiger partial charge < -0.3 is 0 Å². The van der Waals surface area contributed by atoms with Gasteiger partial charge in [0, 0.05) is 0 Å². The molecule has 0 aromatic rings. The molecule has 10 heavy (non-hydrogen) atoms. The molecule has 57 valence electrons. The molecule has 1 radical (unpaired) electrons. The van der Waals surface area contributed by atoms with Crippen LogP contribution in [-0.4, -0.2) is 0 Å². The Balaban J connectivity index is 3.60. The maximum atomic E-state index is 3.65. The quantitative estimate of drug-likeness (QED) is 0.521. The molecule has 0 amide bonds. The molecule has 0 nitrogen and oxygen atoms in total. The van der Waals surface area contributed by atoms with Crippen molar-refractivity contribution in [3.8, 4) is 0 Å². The first-order chi connectivity index (χ1) is 4.85. The first-order valence-corrected chi connectivity index (χ1v) is 3.92. The van der Waals surface area contributed by atoms with Crippen molar-refractivity contribution in [1.29, 1.82) is 0 Å². The minimum absolute atomic E-state index is 0.711. The van der Waals surface area contributed by atoms with Crippen LogP contribution in [0.15, 0.2) is 24.3 Å². The van der Waals surface area contributed by atoms with Crippen LogP contribution in [0.1, 0.15) is 26.7 Å². The summed E-state index contributed by atoms with van der Waals surface area (Å²) < 4.78 is 0. The van der Waals surface area contributed by atoms with Gasteiger partial charge in [-0.15, -0.1) is 0 Å². The summed E-state index contributed by atoms with van der Waals surface area (Å²) in [5.41, 5.74) is 0. The smallest absolute Gasteiger partial charge is 0.0202 e. The van der Waals surface area contributed by atoms with Crippen LogP contribution in [0.4, 0.5) is 0 Å². The highest BCUT2D eigenvalue weighted by atomic mass is 14.0. The van der Waals surface area contributed by atoms with E-state index >= 15 is 0 Å². The van der Waals surface area contributed by atoms with E-state index in [1.807, 2.05) is 6.08 Å². The van der Waals surface area contributed by atoms with Crippen molar-refractivity contribution in [3.63, 3.8) is 0 Å². The first kappa shape index (κ1) is 9.48. The van der Waals surface area contributed by atoms with Crippen molar-refractivity contribution in [2.45, 2.75) is 26.7 Å². The van der Waals surface area contributed by atoms with E-state index in [2.05, 4.69) is 39.0 Å². The lowest BCUT2D eigenvalue weighted by atomic mass is 10.0. The lowest BCUT2D eigenvalue weighted by molar-refractivity contribution is 0.637. The molecule has 0 aliphatic heterocycles. The highest BCUT2D eigenvalue weighted by molar-refractivity contribution is 4.92. The van der Waals surface area contributed by atoms with E-state index in [-0.39, 0.29) is 0 Å². The van der Waals surface area contributed by atoms with E-state index in [4.69, 9.17) is 0 Å². The van der Waals surface area contributed by atoms with E-state index in [0.29, 0.717) is 5.92 Å². The standard InChI is InChI=1S/C10H17/c1-4-7-9-10(6-3)8-5-2/h4-5,7-8,10H,1,6,9H2,2-3H3/b7-4+,8-5+. The minimum atomic E-state index is 0.711. The summed E-state index contributed by atoms with van der Waals surface area (Å²) in [7, 11) is 0. The molecule has 0 aliphatic rings.